The minimum Gasteiger partial charge on any atom is -0.466 e. The van der Waals surface area contributed by atoms with Gasteiger partial charge in [-0.15, -0.1) is 0 Å². The SMILES string of the molecule is COC(=O)/C=C/[C@@H](c1ccccc1)c1cccc2ccccc12. The van der Waals surface area contributed by atoms with E-state index in [0.717, 1.165) is 5.56 Å². The van der Waals surface area contributed by atoms with Gasteiger partial charge in [-0.3, -0.25) is 0 Å². The Morgan fingerprint density at radius 2 is 1.61 bits per heavy atom. The highest BCUT2D eigenvalue weighted by Gasteiger charge is 2.14. The van der Waals surface area contributed by atoms with E-state index in [-0.39, 0.29) is 11.9 Å². The molecule has 2 heteroatoms. The molecule has 0 fully saturated rings. The van der Waals surface area contributed by atoms with Gasteiger partial charge < -0.3 is 4.74 Å². The van der Waals surface area contributed by atoms with Gasteiger partial charge in [0.2, 0.25) is 0 Å². The minimum atomic E-state index is -0.342. The summed E-state index contributed by atoms with van der Waals surface area (Å²) < 4.78 is 4.73. The number of methoxy groups -OCH3 is 1. The van der Waals surface area contributed by atoms with Gasteiger partial charge in [0.15, 0.2) is 0 Å². The molecule has 0 aliphatic heterocycles. The fourth-order valence-electron chi connectivity index (χ4n) is 2.82. The molecule has 23 heavy (non-hydrogen) atoms. The lowest BCUT2D eigenvalue weighted by Crippen LogP contribution is -2.01. The smallest absolute Gasteiger partial charge is 0.330 e. The lowest BCUT2D eigenvalue weighted by molar-refractivity contribution is -0.134. The molecule has 0 unspecified atom stereocenters. The van der Waals surface area contributed by atoms with Crippen LogP contribution in [0.25, 0.3) is 10.8 Å². The van der Waals surface area contributed by atoms with Crippen molar-refractivity contribution in [3.8, 4) is 0 Å². The molecule has 0 amide bonds. The van der Waals surface area contributed by atoms with Crippen molar-refractivity contribution in [1.82, 2.24) is 0 Å². The van der Waals surface area contributed by atoms with E-state index in [9.17, 15) is 4.79 Å². The fourth-order valence-corrected chi connectivity index (χ4v) is 2.82. The highest BCUT2D eigenvalue weighted by molar-refractivity contribution is 5.87. The van der Waals surface area contributed by atoms with E-state index < -0.39 is 0 Å². The summed E-state index contributed by atoms with van der Waals surface area (Å²) in [5.41, 5.74) is 2.32. The topological polar surface area (TPSA) is 26.3 Å². The maximum absolute atomic E-state index is 11.5. The van der Waals surface area contributed by atoms with Crippen LogP contribution in [0.3, 0.4) is 0 Å². The molecule has 2 nitrogen and oxygen atoms in total. The van der Waals surface area contributed by atoms with Gasteiger partial charge in [-0.05, 0) is 21.9 Å². The van der Waals surface area contributed by atoms with Gasteiger partial charge in [0.1, 0.15) is 0 Å². The maximum Gasteiger partial charge on any atom is 0.330 e. The van der Waals surface area contributed by atoms with E-state index in [1.54, 1.807) is 0 Å². The first-order valence-corrected chi connectivity index (χ1v) is 7.58. The molecule has 114 valence electrons. The summed E-state index contributed by atoms with van der Waals surface area (Å²) in [7, 11) is 1.39. The van der Waals surface area contributed by atoms with Crippen LogP contribution in [0.15, 0.2) is 84.9 Å². The number of rotatable bonds is 4. The van der Waals surface area contributed by atoms with Crippen LogP contribution in [0.5, 0.6) is 0 Å². The Morgan fingerprint density at radius 3 is 2.39 bits per heavy atom. The number of benzene rings is 3. The molecule has 0 bridgehead atoms. The standard InChI is InChI=1S/C21H18O2/c1-23-21(22)15-14-19(16-8-3-2-4-9-16)20-13-7-11-17-10-5-6-12-18(17)20/h2-15,19H,1H3/b15-14+/t19-/m0/s1. The molecule has 3 aromatic rings. The molecule has 0 saturated carbocycles. The number of esters is 1. The van der Waals surface area contributed by atoms with Gasteiger partial charge in [-0.25, -0.2) is 4.79 Å². The van der Waals surface area contributed by atoms with Crippen LogP contribution in [0.1, 0.15) is 17.0 Å². The summed E-state index contributed by atoms with van der Waals surface area (Å²) >= 11 is 0. The Kier molecular flexibility index (Phi) is 4.53. The van der Waals surface area contributed by atoms with Crippen molar-refractivity contribution < 1.29 is 9.53 Å². The van der Waals surface area contributed by atoms with E-state index in [2.05, 4.69) is 42.5 Å². The zero-order valence-corrected chi connectivity index (χ0v) is 13.0. The third-order valence-electron chi connectivity index (χ3n) is 3.94. The van der Waals surface area contributed by atoms with Gasteiger partial charge in [0, 0.05) is 12.0 Å². The first-order valence-electron chi connectivity index (χ1n) is 7.58. The molecule has 0 saturated heterocycles. The monoisotopic (exact) mass is 302 g/mol. The Hall–Kier alpha value is -2.87. The molecular formula is C21H18O2. The van der Waals surface area contributed by atoms with Gasteiger partial charge in [-0.2, -0.15) is 0 Å². The van der Waals surface area contributed by atoms with E-state index in [1.165, 1.54) is 29.5 Å². The molecule has 0 aliphatic carbocycles. The molecule has 3 rings (SSSR count). The molecule has 0 radical (unpaired) electrons. The third-order valence-corrected chi connectivity index (χ3v) is 3.94. The number of ether oxygens (including phenoxy) is 1. The molecule has 0 N–H and O–H groups in total. The quantitative estimate of drug-likeness (QED) is 0.516. The van der Waals surface area contributed by atoms with E-state index in [0.29, 0.717) is 0 Å². The summed E-state index contributed by atoms with van der Waals surface area (Å²) in [6.07, 6.45) is 3.41. The predicted molar refractivity (Wildman–Crippen MR) is 93.4 cm³/mol. The zero-order valence-electron chi connectivity index (χ0n) is 13.0. The Morgan fingerprint density at radius 1 is 0.913 bits per heavy atom. The van der Waals surface area contributed by atoms with Crippen LogP contribution in [0.2, 0.25) is 0 Å². The average molecular weight is 302 g/mol. The highest BCUT2D eigenvalue weighted by Crippen LogP contribution is 2.31. The van der Waals surface area contributed by atoms with Crippen LogP contribution in [0.4, 0.5) is 0 Å². The fraction of sp³-hybridized carbons (Fsp3) is 0.0952. The van der Waals surface area contributed by atoms with Gasteiger partial charge in [0.25, 0.3) is 0 Å². The van der Waals surface area contributed by atoms with Crippen molar-refractivity contribution in [2.45, 2.75) is 5.92 Å². The Balaban J connectivity index is 2.14. The summed E-state index contributed by atoms with van der Waals surface area (Å²) in [6.45, 7) is 0. The predicted octanol–water partition coefficient (Wildman–Crippen LogP) is 4.70. The van der Waals surface area contributed by atoms with Crippen molar-refractivity contribution >= 4 is 16.7 Å². The summed E-state index contributed by atoms with van der Waals surface area (Å²) in [5, 5.41) is 2.38. The van der Waals surface area contributed by atoms with Crippen LogP contribution < -0.4 is 0 Å². The highest BCUT2D eigenvalue weighted by atomic mass is 16.5. The number of hydrogen-bond acceptors (Lipinski definition) is 2. The second-order valence-corrected chi connectivity index (χ2v) is 5.34. The normalized spacial score (nSPS) is 12.4. The molecule has 0 heterocycles. The van der Waals surface area contributed by atoms with Crippen molar-refractivity contribution in [2.24, 2.45) is 0 Å². The molecule has 3 aromatic carbocycles. The number of allylic oxidation sites excluding steroid dienone is 1. The van der Waals surface area contributed by atoms with Crippen molar-refractivity contribution in [2.75, 3.05) is 7.11 Å². The number of carbonyl (C=O) groups is 1. The van der Waals surface area contributed by atoms with E-state index in [1.807, 2.05) is 36.4 Å². The van der Waals surface area contributed by atoms with Crippen molar-refractivity contribution in [3.63, 3.8) is 0 Å². The minimum absolute atomic E-state index is 0.00130. The summed E-state index contributed by atoms with van der Waals surface area (Å²) in [5.74, 6) is -0.340. The van der Waals surface area contributed by atoms with Crippen LogP contribution in [-0.4, -0.2) is 13.1 Å². The van der Waals surface area contributed by atoms with Crippen molar-refractivity contribution in [3.05, 3.63) is 96.1 Å². The van der Waals surface area contributed by atoms with Crippen LogP contribution in [-0.2, 0) is 9.53 Å². The van der Waals surface area contributed by atoms with Gasteiger partial charge >= 0.3 is 5.97 Å². The lowest BCUT2D eigenvalue weighted by atomic mass is 9.87. The lowest BCUT2D eigenvalue weighted by Gasteiger charge is -2.16. The second-order valence-electron chi connectivity index (χ2n) is 5.34. The molecule has 0 spiro atoms. The summed E-state index contributed by atoms with van der Waals surface area (Å²) in [4.78, 5) is 11.5. The van der Waals surface area contributed by atoms with Crippen LogP contribution >= 0.6 is 0 Å². The second kappa shape index (κ2) is 6.93. The first kappa shape index (κ1) is 15.0. The number of hydrogen-bond donors (Lipinski definition) is 0. The van der Waals surface area contributed by atoms with E-state index >= 15 is 0 Å². The Bertz CT molecular complexity index is 829. The third kappa shape index (κ3) is 3.32. The number of fused-ring (bicyclic) bond motifs is 1. The van der Waals surface area contributed by atoms with Crippen molar-refractivity contribution in [1.29, 1.82) is 0 Å². The first-order chi connectivity index (χ1) is 11.3. The molecule has 1 atom stereocenters. The van der Waals surface area contributed by atoms with E-state index in [4.69, 9.17) is 4.74 Å². The summed E-state index contributed by atoms with van der Waals surface area (Å²) in [6, 6.07) is 24.7. The molecule has 0 aliphatic rings. The van der Waals surface area contributed by atoms with Gasteiger partial charge in [0.05, 0.1) is 7.11 Å². The molecular weight excluding hydrogens is 284 g/mol. The largest absolute Gasteiger partial charge is 0.466 e. The zero-order chi connectivity index (χ0) is 16.1. The van der Waals surface area contributed by atoms with Gasteiger partial charge in [-0.1, -0.05) is 78.9 Å². The molecule has 0 aromatic heterocycles. The number of carbonyl (C=O) groups excluding carboxylic acids is 1. The average Bonchev–Trinajstić information content (AvgIpc) is 2.62. The van der Waals surface area contributed by atoms with Crippen LogP contribution in [0, 0.1) is 0 Å². The Labute approximate surface area is 136 Å². The maximum atomic E-state index is 11.5.